The number of likely N-dealkylation sites (tertiary alicyclic amines) is 1. The first-order valence-corrected chi connectivity index (χ1v) is 10.6. The maximum atomic E-state index is 13.5. The minimum Gasteiger partial charge on any atom is -0.508 e. The van der Waals surface area contributed by atoms with Crippen LogP contribution >= 0.6 is 0 Å². The van der Waals surface area contributed by atoms with E-state index in [0.29, 0.717) is 5.75 Å². The maximum Gasteiger partial charge on any atom is 0.180 e. The maximum absolute atomic E-state index is 13.5. The Morgan fingerprint density at radius 1 is 1.30 bits per heavy atom. The molecule has 1 saturated heterocycles. The highest BCUT2D eigenvalue weighted by atomic mass is 16.5. The number of Topliss-reactive ketones (excluding diaryl/α,β-unsaturated/α-hetero) is 1. The number of rotatable bonds is 7. The molecule has 1 heterocycles. The number of nitrogens with zero attached hydrogens (tertiary/aromatic N) is 1. The van der Waals surface area contributed by atoms with Crippen molar-refractivity contribution in [2.24, 2.45) is 11.8 Å². The van der Waals surface area contributed by atoms with Gasteiger partial charge in [0.2, 0.25) is 0 Å². The molecule has 2 bridgehead atoms. The fourth-order valence-electron chi connectivity index (χ4n) is 5.25. The molecule has 27 heavy (non-hydrogen) atoms. The van der Waals surface area contributed by atoms with Crippen molar-refractivity contribution in [3.63, 3.8) is 0 Å². The average molecular weight is 372 g/mol. The van der Waals surface area contributed by atoms with Gasteiger partial charge in [-0.3, -0.25) is 9.69 Å². The van der Waals surface area contributed by atoms with Gasteiger partial charge >= 0.3 is 0 Å². The number of benzene rings is 1. The van der Waals surface area contributed by atoms with Gasteiger partial charge in [0, 0.05) is 25.8 Å². The van der Waals surface area contributed by atoms with Crippen LogP contribution in [0, 0.1) is 11.8 Å². The van der Waals surface area contributed by atoms with Gasteiger partial charge in [0.15, 0.2) is 5.78 Å². The van der Waals surface area contributed by atoms with E-state index in [1.165, 1.54) is 12.8 Å². The molecule has 2 aliphatic carbocycles. The van der Waals surface area contributed by atoms with Crippen molar-refractivity contribution in [1.29, 1.82) is 0 Å². The third kappa shape index (κ3) is 3.31. The molecule has 3 aliphatic rings. The molecule has 1 aromatic carbocycles. The Hall–Kier alpha value is -1.39. The van der Waals surface area contributed by atoms with Crippen LogP contribution in [0.1, 0.15) is 67.4 Å². The van der Waals surface area contributed by atoms with Crippen molar-refractivity contribution in [3.05, 3.63) is 28.8 Å². The van der Waals surface area contributed by atoms with Crippen molar-refractivity contribution in [2.75, 3.05) is 26.8 Å². The standard InChI is InChI=1S/C23H33NO3/c1-15-21-22(26)18-12-17(6-4-5-11-27-3)20(25)13-19(18)23(15,2)9-10-24(21)14-16-7-8-16/h12-13,15-16,21,25H,4-11,14H2,1-3H3/t15-,21-,23-/m0/s1. The van der Waals surface area contributed by atoms with Gasteiger partial charge in [-0.05, 0) is 85.6 Å². The molecule has 4 heteroatoms. The molecule has 1 aromatic rings. The number of carbonyl (C=O) groups is 1. The van der Waals surface area contributed by atoms with Crippen molar-refractivity contribution in [1.82, 2.24) is 4.90 Å². The molecule has 1 N–H and O–H groups in total. The smallest absolute Gasteiger partial charge is 0.180 e. The quantitative estimate of drug-likeness (QED) is 0.738. The predicted octanol–water partition coefficient (Wildman–Crippen LogP) is 3.94. The second-order valence-corrected chi connectivity index (χ2v) is 9.18. The summed E-state index contributed by atoms with van der Waals surface area (Å²) in [6, 6.07) is 3.91. The summed E-state index contributed by atoms with van der Waals surface area (Å²) in [6.07, 6.45) is 6.41. The highest BCUT2D eigenvalue weighted by Gasteiger charge is 2.53. The summed E-state index contributed by atoms with van der Waals surface area (Å²) >= 11 is 0. The van der Waals surface area contributed by atoms with E-state index in [1.54, 1.807) is 7.11 Å². The lowest BCUT2D eigenvalue weighted by Gasteiger charge is -2.53. The molecule has 2 fully saturated rings. The van der Waals surface area contributed by atoms with E-state index in [1.807, 2.05) is 12.1 Å². The van der Waals surface area contributed by atoms with Crippen LogP contribution in [-0.4, -0.2) is 48.6 Å². The Morgan fingerprint density at radius 3 is 2.78 bits per heavy atom. The van der Waals surface area contributed by atoms with Crippen LogP contribution in [0.25, 0.3) is 0 Å². The molecule has 0 aromatic heterocycles. The molecule has 1 saturated carbocycles. The second kappa shape index (κ2) is 7.21. The van der Waals surface area contributed by atoms with Crippen molar-refractivity contribution in [3.8, 4) is 5.75 Å². The minimum atomic E-state index is -0.0278. The van der Waals surface area contributed by atoms with E-state index in [0.717, 1.165) is 68.0 Å². The molecule has 0 amide bonds. The van der Waals surface area contributed by atoms with Crippen LogP contribution < -0.4 is 0 Å². The van der Waals surface area contributed by atoms with Crippen LogP contribution in [0.4, 0.5) is 0 Å². The summed E-state index contributed by atoms with van der Waals surface area (Å²) in [6.45, 7) is 7.33. The van der Waals surface area contributed by atoms with Crippen LogP contribution in [0.3, 0.4) is 0 Å². The first kappa shape index (κ1) is 18.9. The molecular formula is C23H33NO3. The van der Waals surface area contributed by atoms with Crippen molar-refractivity contribution >= 4 is 5.78 Å². The number of hydrogen-bond acceptors (Lipinski definition) is 4. The molecule has 3 atom stereocenters. The molecule has 0 unspecified atom stereocenters. The highest BCUT2D eigenvalue weighted by Crippen LogP contribution is 2.50. The van der Waals surface area contributed by atoms with Gasteiger partial charge in [0.25, 0.3) is 0 Å². The van der Waals surface area contributed by atoms with E-state index >= 15 is 0 Å². The van der Waals surface area contributed by atoms with Crippen molar-refractivity contribution in [2.45, 2.75) is 63.8 Å². The summed E-state index contributed by atoms with van der Waals surface area (Å²) in [5.74, 6) is 1.71. The predicted molar refractivity (Wildman–Crippen MR) is 106 cm³/mol. The van der Waals surface area contributed by atoms with E-state index in [9.17, 15) is 9.90 Å². The molecule has 4 nitrogen and oxygen atoms in total. The van der Waals surface area contributed by atoms with Gasteiger partial charge in [-0.15, -0.1) is 0 Å². The SMILES string of the molecule is COCCCCc1cc2c(cc1O)[C@@]1(C)CCN(CC3CC3)[C@H](C2=O)[C@@H]1C. The number of piperidine rings is 1. The summed E-state index contributed by atoms with van der Waals surface area (Å²) in [4.78, 5) is 15.9. The van der Waals surface area contributed by atoms with Crippen molar-refractivity contribution < 1.29 is 14.6 Å². The van der Waals surface area contributed by atoms with Crippen LogP contribution in [0.2, 0.25) is 0 Å². The van der Waals surface area contributed by atoms with Gasteiger partial charge in [0.1, 0.15) is 5.75 Å². The number of ether oxygens (including phenoxy) is 1. The lowest BCUT2D eigenvalue weighted by atomic mass is 9.58. The zero-order chi connectivity index (χ0) is 19.2. The lowest BCUT2D eigenvalue weighted by molar-refractivity contribution is 0.0265. The van der Waals surface area contributed by atoms with Gasteiger partial charge in [-0.25, -0.2) is 0 Å². The number of phenolic OH excluding ortho intramolecular Hbond substituents is 1. The Kier molecular flexibility index (Phi) is 5.06. The largest absolute Gasteiger partial charge is 0.508 e. The topological polar surface area (TPSA) is 49.8 Å². The van der Waals surface area contributed by atoms with Crippen LogP contribution in [0.5, 0.6) is 5.75 Å². The first-order chi connectivity index (χ1) is 13.0. The number of hydrogen-bond donors (Lipinski definition) is 1. The number of phenols is 1. The zero-order valence-electron chi connectivity index (χ0n) is 17.0. The summed E-state index contributed by atoms with van der Waals surface area (Å²) < 4.78 is 5.12. The third-order valence-electron chi connectivity index (χ3n) is 7.39. The van der Waals surface area contributed by atoms with Gasteiger partial charge < -0.3 is 9.84 Å². The van der Waals surface area contributed by atoms with Crippen LogP contribution in [-0.2, 0) is 16.6 Å². The Balaban J connectivity index is 1.65. The summed E-state index contributed by atoms with van der Waals surface area (Å²) in [5, 5.41) is 10.6. The number of aromatic hydroxyl groups is 1. The fourth-order valence-corrected chi connectivity index (χ4v) is 5.25. The molecule has 148 valence electrons. The summed E-state index contributed by atoms with van der Waals surface area (Å²) in [5.41, 5.74) is 2.81. The molecule has 4 rings (SSSR count). The van der Waals surface area contributed by atoms with Gasteiger partial charge in [-0.2, -0.15) is 0 Å². The van der Waals surface area contributed by atoms with Gasteiger partial charge in [-0.1, -0.05) is 13.8 Å². The molecule has 1 aliphatic heterocycles. The van der Waals surface area contributed by atoms with Gasteiger partial charge in [0.05, 0.1) is 6.04 Å². The average Bonchev–Trinajstić information content (AvgIpc) is 3.45. The Morgan fingerprint density at radius 2 is 2.07 bits per heavy atom. The summed E-state index contributed by atoms with van der Waals surface area (Å²) in [7, 11) is 1.71. The second-order valence-electron chi connectivity index (χ2n) is 9.18. The zero-order valence-corrected chi connectivity index (χ0v) is 17.0. The number of aryl methyl sites for hydroxylation is 1. The molecule has 0 radical (unpaired) electrons. The number of fused-ring (bicyclic) bond motifs is 4. The minimum absolute atomic E-state index is 0.00253. The van der Waals surface area contributed by atoms with Crippen LogP contribution in [0.15, 0.2) is 12.1 Å². The monoisotopic (exact) mass is 371 g/mol. The van der Waals surface area contributed by atoms with E-state index in [2.05, 4.69) is 18.7 Å². The lowest BCUT2D eigenvalue weighted by Crippen LogP contribution is -2.61. The van der Waals surface area contributed by atoms with E-state index < -0.39 is 0 Å². The number of methoxy groups -OCH3 is 1. The highest BCUT2D eigenvalue weighted by molar-refractivity contribution is 6.04. The molecule has 0 spiro atoms. The normalized spacial score (nSPS) is 30.4. The van der Waals surface area contributed by atoms with E-state index in [-0.39, 0.29) is 23.2 Å². The Bertz CT molecular complexity index is 727. The number of unbranched alkanes of at least 4 members (excludes halogenated alkanes) is 1. The van der Waals surface area contributed by atoms with E-state index in [4.69, 9.17) is 4.74 Å². The molecular weight excluding hydrogens is 338 g/mol. The third-order valence-corrected chi connectivity index (χ3v) is 7.39. The Labute approximate surface area is 162 Å². The number of carbonyl (C=O) groups excluding carboxylic acids is 1. The fraction of sp³-hybridized carbons (Fsp3) is 0.696. The number of ketones is 1. The first-order valence-electron chi connectivity index (χ1n) is 10.6.